The zero-order valence-electron chi connectivity index (χ0n) is 11.6. The third-order valence-corrected chi connectivity index (χ3v) is 5.37. The van der Waals surface area contributed by atoms with E-state index in [-0.39, 0.29) is 5.25 Å². The van der Waals surface area contributed by atoms with Crippen molar-refractivity contribution in [3.8, 4) is 0 Å². The molecule has 3 nitrogen and oxygen atoms in total. The van der Waals surface area contributed by atoms with Crippen molar-refractivity contribution in [3.63, 3.8) is 0 Å². The molecule has 17 heavy (non-hydrogen) atoms. The molecule has 0 saturated heterocycles. The summed E-state index contributed by atoms with van der Waals surface area (Å²) in [6, 6.07) is 0.422. The standard InChI is InChI=1S/C13H27NO2S/c1-5-14-11-6-7-13(2,3)10-12(11)17(15)9-8-16-4/h11-12,14H,5-10H2,1-4H3. The first kappa shape index (κ1) is 15.1. The van der Waals surface area contributed by atoms with Gasteiger partial charge in [-0.25, -0.2) is 0 Å². The fraction of sp³-hybridized carbons (Fsp3) is 1.00. The molecule has 3 unspecified atom stereocenters. The molecular formula is C13H27NO2S. The Morgan fingerprint density at radius 3 is 2.76 bits per heavy atom. The normalized spacial score (nSPS) is 30.1. The largest absolute Gasteiger partial charge is 0.384 e. The van der Waals surface area contributed by atoms with Gasteiger partial charge in [0.25, 0.3) is 0 Å². The highest BCUT2D eigenvalue weighted by Crippen LogP contribution is 2.37. The minimum absolute atomic E-state index is 0.286. The van der Waals surface area contributed by atoms with E-state index in [0.29, 0.717) is 23.8 Å². The lowest BCUT2D eigenvalue weighted by molar-refractivity contribution is 0.207. The summed E-state index contributed by atoms with van der Waals surface area (Å²) in [6.45, 7) is 8.26. The van der Waals surface area contributed by atoms with Gasteiger partial charge in [-0.3, -0.25) is 4.21 Å². The highest BCUT2D eigenvalue weighted by Gasteiger charge is 2.37. The summed E-state index contributed by atoms with van der Waals surface area (Å²) in [5.74, 6) is 0.666. The van der Waals surface area contributed by atoms with Crippen LogP contribution in [0.4, 0.5) is 0 Å². The van der Waals surface area contributed by atoms with Gasteiger partial charge in [-0.1, -0.05) is 20.8 Å². The van der Waals surface area contributed by atoms with Gasteiger partial charge in [-0.15, -0.1) is 0 Å². The van der Waals surface area contributed by atoms with Gasteiger partial charge in [0.15, 0.2) is 0 Å². The van der Waals surface area contributed by atoms with Crippen LogP contribution in [-0.2, 0) is 15.5 Å². The maximum absolute atomic E-state index is 12.3. The molecule has 4 heteroatoms. The minimum atomic E-state index is -0.772. The Morgan fingerprint density at radius 1 is 1.47 bits per heavy atom. The molecule has 0 radical (unpaired) electrons. The maximum atomic E-state index is 12.3. The Hall–Kier alpha value is 0.0700. The van der Waals surface area contributed by atoms with Crippen LogP contribution in [0.5, 0.6) is 0 Å². The first-order valence-corrected chi connectivity index (χ1v) is 7.98. The molecule has 1 aliphatic rings. The van der Waals surface area contributed by atoms with Crippen LogP contribution >= 0.6 is 0 Å². The lowest BCUT2D eigenvalue weighted by Gasteiger charge is -2.40. The Kier molecular flexibility index (Phi) is 6.10. The average molecular weight is 261 g/mol. The highest BCUT2D eigenvalue weighted by molar-refractivity contribution is 7.85. The predicted molar refractivity (Wildman–Crippen MR) is 73.8 cm³/mol. The second kappa shape index (κ2) is 6.86. The predicted octanol–water partition coefficient (Wildman–Crippen LogP) is 1.94. The molecule has 1 saturated carbocycles. The van der Waals surface area contributed by atoms with Gasteiger partial charge in [0.1, 0.15) is 0 Å². The fourth-order valence-electron chi connectivity index (χ4n) is 2.61. The van der Waals surface area contributed by atoms with E-state index in [0.717, 1.165) is 19.4 Å². The van der Waals surface area contributed by atoms with E-state index < -0.39 is 10.8 Å². The number of nitrogens with one attached hydrogen (secondary N) is 1. The third-order valence-electron chi connectivity index (χ3n) is 3.63. The lowest BCUT2D eigenvalue weighted by atomic mass is 9.75. The van der Waals surface area contributed by atoms with Crippen LogP contribution in [-0.4, -0.2) is 41.5 Å². The average Bonchev–Trinajstić information content (AvgIpc) is 2.28. The summed E-state index contributed by atoms with van der Waals surface area (Å²) in [4.78, 5) is 0. The van der Waals surface area contributed by atoms with Gasteiger partial charge in [0.05, 0.1) is 11.9 Å². The quantitative estimate of drug-likeness (QED) is 0.794. The van der Waals surface area contributed by atoms with Crippen molar-refractivity contribution in [1.29, 1.82) is 0 Å². The Balaban J connectivity index is 2.63. The summed E-state index contributed by atoms with van der Waals surface area (Å²) in [6.07, 6.45) is 3.42. The van der Waals surface area contributed by atoms with Crippen LogP contribution in [0.1, 0.15) is 40.0 Å². The summed E-state index contributed by atoms with van der Waals surface area (Å²) >= 11 is 0. The van der Waals surface area contributed by atoms with E-state index in [2.05, 4.69) is 26.1 Å². The second-order valence-corrected chi connectivity index (χ2v) is 7.46. The summed E-state index contributed by atoms with van der Waals surface area (Å²) < 4.78 is 17.4. The van der Waals surface area contributed by atoms with E-state index in [9.17, 15) is 4.21 Å². The molecule has 0 aromatic carbocycles. The molecule has 102 valence electrons. The van der Waals surface area contributed by atoms with Crippen molar-refractivity contribution in [2.45, 2.75) is 51.3 Å². The van der Waals surface area contributed by atoms with Crippen LogP contribution < -0.4 is 5.32 Å². The van der Waals surface area contributed by atoms with Gasteiger partial charge in [-0.05, 0) is 31.2 Å². The maximum Gasteiger partial charge on any atom is 0.0577 e. The molecular weight excluding hydrogens is 234 g/mol. The molecule has 3 atom stereocenters. The van der Waals surface area contributed by atoms with Crippen molar-refractivity contribution in [1.82, 2.24) is 5.32 Å². The number of hydrogen-bond acceptors (Lipinski definition) is 3. The van der Waals surface area contributed by atoms with Crippen LogP contribution in [0.3, 0.4) is 0 Å². The molecule has 0 bridgehead atoms. The Bertz CT molecular complexity index is 256. The third kappa shape index (κ3) is 4.68. The van der Waals surface area contributed by atoms with Crippen LogP contribution in [0.15, 0.2) is 0 Å². The smallest absolute Gasteiger partial charge is 0.0577 e. The number of rotatable bonds is 6. The van der Waals surface area contributed by atoms with E-state index >= 15 is 0 Å². The van der Waals surface area contributed by atoms with Crippen molar-refractivity contribution < 1.29 is 8.95 Å². The molecule has 0 aliphatic heterocycles. The van der Waals surface area contributed by atoms with Crippen LogP contribution in [0.2, 0.25) is 0 Å². The zero-order valence-corrected chi connectivity index (χ0v) is 12.4. The number of methoxy groups -OCH3 is 1. The van der Waals surface area contributed by atoms with E-state index in [1.807, 2.05) is 0 Å². The Labute approximate surface area is 108 Å². The van der Waals surface area contributed by atoms with Gasteiger partial charge in [0.2, 0.25) is 0 Å². The molecule has 1 N–H and O–H groups in total. The first-order chi connectivity index (χ1) is 8.00. The summed E-state index contributed by atoms with van der Waals surface area (Å²) in [5.41, 5.74) is 0.333. The highest BCUT2D eigenvalue weighted by atomic mass is 32.2. The molecule has 0 heterocycles. The molecule has 0 aromatic heterocycles. The summed E-state index contributed by atoms with van der Waals surface area (Å²) in [7, 11) is 0.898. The Morgan fingerprint density at radius 2 is 2.18 bits per heavy atom. The molecule has 0 aromatic rings. The van der Waals surface area contributed by atoms with Gasteiger partial charge < -0.3 is 10.1 Å². The molecule has 0 amide bonds. The SMILES string of the molecule is CCNC1CCC(C)(C)CC1S(=O)CCOC. The van der Waals surface area contributed by atoms with E-state index in [4.69, 9.17) is 4.74 Å². The van der Waals surface area contributed by atoms with Crippen molar-refractivity contribution in [3.05, 3.63) is 0 Å². The van der Waals surface area contributed by atoms with E-state index in [1.165, 1.54) is 6.42 Å². The lowest BCUT2D eigenvalue weighted by Crippen LogP contribution is -2.48. The first-order valence-electron chi connectivity index (χ1n) is 6.59. The number of ether oxygens (including phenoxy) is 1. The monoisotopic (exact) mass is 261 g/mol. The molecule has 0 spiro atoms. The topological polar surface area (TPSA) is 38.3 Å². The van der Waals surface area contributed by atoms with Crippen molar-refractivity contribution in [2.75, 3.05) is 26.0 Å². The molecule has 1 aliphatic carbocycles. The fourth-order valence-corrected chi connectivity index (χ4v) is 4.48. The zero-order chi connectivity index (χ0) is 12.9. The van der Waals surface area contributed by atoms with E-state index in [1.54, 1.807) is 7.11 Å². The van der Waals surface area contributed by atoms with Crippen molar-refractivity contribution in [2.24, 2.45) is 5.41 Å². The second-order valence-electron chi connectivity index (χ2n) is 5.69. The molecule has 1 rings (SSSR count). The van der Waals surface area contributed by atoms with Gasteiger partial charge in [-0.2, -0.15) is 0 Å². The van der Waals surface area contributed by atoms with Crippen LogP contribution in [0.25, 0.3) is 0 Å². The van der Waals surface area contributed by atoms with Gasteiger partial charge >= 0.3 is 0 Å². The summed E-state index contributed by atoms with van der Waals surface area (Å²) in [5, 5.41) is 3.78. The van der Waals surface area contributed by atoms with Crippen molar-refractivity contribution >= 4 is 10.8 Å². The minimum Gasteiger partial charge on any atom is -0.384 e. The molecule has 1 fully saturated rings. The number of hydrogen-bond donors (Lipinski definition) is 1. The van der Waals surface area contributed by atoms with Crippen LogP contribution in [0, 0.1) is 5.41 Å². The van der Waals surface area contributed by atoms with Gasteiger partial charge in [0, 0.05) is 29.7 Å².